The van der Waals surface area contributed by atoms with Crippen LogP contribution in [0.3, 0.4) is 0 Å². The summed E-state index contributed by atoms with van der Waals surface area (Å²) in [7, 11) is 3.00. The zero-order valence-corrected chi connectivity index (χ0v) is 15.9. The van der Waals surface area contributed by atoms with E-state index in [4.69, 9.17) is 9.47 Å². The van der Waals surface area contributed by atoms with Gasteiger partial charge in [-0.1, -0.05) is 0 Å². The number of methoxy groups -OCH3 is 2. The van der Waals surface area contributed by atoms with E-state index in [2.05, 4.69) is 10.6 Å². The SMILES string of the molecule is COc1cc(NC(=O)CN2C(=O)NC(C)(c3ccsc3)C2=O)cc(OC)c1. The Morgan fingerprint density at radius 3 is 2.44 bits per heavy atom. The normalized spacial score (nSPS) is 19.0. The molecule has 1 atom stereocenters. The lowest BCUT2D eigenvalue weighted by atomic mass is 9.95. The summed E-state index contributed by atoms with van der Waals surface area (Å²) < 4.78 is 10.3. The lowest BCUT2D eigenvalue weighted by Gasteiger charge is -2.20. The first-order valence-electron chi connectivity index (χ1n) is 8.07. The second kappa shape index (κ2) is 7.28. The molecule has 1 fully saturated rings. The number of carbonyl (C=O) groups is 3. The minimum absolute atomic E-state index is 0.399. The van der Waals surface area contributed by atoms with Gasteiger partial charge in [-0.05, 0) is 29.3 Å². The van der Waals surface area contributed by atoms with Crippen LogP contribution in [0.4, 0.5) is 10.5 Å². The maximum atomic E-state index is 12.8. The second-order valence-electron chi connectivity index (χ2n) is 6.11. The van der Waals surface area contributed by atoms with Crippen LogP contribution in [0.1, 0.15) is 12.5 Å². The van der Waals surface area contributed by atoms with E-state index < -0.39 is 29.9 Å². The summed E-state index contributed by atoms with van der Waals surface area (Å²) in [6.07, 6.45) is 0. The van der Waals surface area contributed by atoms with E-state index in [-0.39, 0.29) is 0 Å². The number of thiophene rings is 1. The van der Waals surface area contributed by atoms with E-state index in [1.807, 2.05) is 5.38 Å². The van der Waals surface area contributed by atoms with Crippen LogP contribution in [0.15, 0.2) is 35.0 Å². The van der Waals surface area contributed by atoms with Crippen molar-refractivity contribution in [1.82, 2.24) is 10.2 Å². The molecule has 2 N–H and O–H groups in total. The van der Waals surface area contributed by atoms with Crippen molar-refractivity contribution in [3.63, 3.8) is 0 Å². The summed E-state index contributed by atoms with van der Waals surface area (Å²) in [6.45, 7) is 1.23. The maximum absolute atomic E-state index is 12.8. The van der Waals surface area contributed by atoms with Gasteiger partial charge in [-0.25, -0.2) is 4.79 Å². The van der Waals surface area contributed by atoms with Crippen LogP contribution in [0.2, 0.25) is 0 Å². The van der Waals surface area contributed by atoms with Gasteiger partial charge in [0.15, 0.2) is 0 Å². The number of urea groups is 1. The fraction of sp³-hybridized carbons (Fsp3) is 0.278. The van der Waals surface area contributed by atoms with Crippen molar-refractivity contribution in [2.75, 3.05) is 26.1 Å². The van der Waals surface area contributed by atoms with Gasteiger partial charge in [0.1, 0.15) is 23.6 Å². The lowest BCUT2D eigenvalue weighted by Crippen LogP contribution is -2.41. The van der Waals surface area contributed by atoms with Crippen LogP contribution in [0, 0.1) is 0 Å². The van der Waals surface area contributed by atoms with Crippen LogP contribution in [-0.2, 0) is 15.1 Å². The highest BCUT2D eigenvalue weighted by atomic mass is 32.1. The Balaban J connectivity index is 1.73. The Morgan fingerprint density at radius 2 is 1.89 bits per heavy atom. The first-order chi connectivity index (χ1) is 12.9. The Morgan fingerprint density at radius 1 is 1.22 bits per heavy atom. The molecule has 9 heteroatoms. The molecule has 0 bridgehead atoms. The van der Waals surface area contributed by atoms with Crippen molar-refractivity contribution < 1.29 is 23.9 Å². The summed E-state index contributed by atoms with van der Waals surface area (Å²) >= 11 is 1.43. The molecule has 8 nitrogen and oxygen atoms in total. The van der Waals surface area contributed by atoms with Gasteiger partial charge in [-0.2, -0.15) is 11.3 Å². The fourth-order valence-corrected chi connectivity index (χ4v) is 3.57. The van der Waals surface area contributed by atoms with Gasteiger partial charge in [0, 0.05) is 23.9 Å². The second-order valence-corrected chi connectivity index (χ2v) is 6.89. The van der Waals surface area contributed by atoms with E-state index >= 15 is 0 Å². The molecule has 1 unspecified atom stereocenters. The third-order valence-electron chi connectivity index (χ3n) is 4.31. The van der Waals surface area contributed by atoms with Gasteiger partial charge in [-0.15, -0.1) is 0 Å². The Hall–Kier alpha value is -3.07. The van der Waals surface area contributed by atoms with Gasteiger partial charge in [0.25, 0.3) is 5.91 Å². The monoisotopic (exact) mass is 389 g/mol. The smallest absolute Gasteiger partial charge is 0.325 e. The number of amides is 4. The topological polar surface area (TPSA) is 97.0 Å². The summed E-state index contributed by atoms with van der Waals surface area (Å²) in [5, 5.41) is 8.93. The molecule has 0 aliphatic carbocycles. The highest BCUT2D eigenvalue weighted by molar-refractivity contribution is 7.08. The molecule has 4 amide bonds. The number of imide groups is 1. The Bertz CT molecular complexity index is 861. The minimum atomic E-state index is -1.17. The first kappa shape index (κ1) is 18.7. The van der Waals surface area contributed by atoms with E-state index in [1.54, 1.807) is 36.6 Å². The molecule has 142 valence electrons. The van der Waals surface area contributed by atoms with Gasteiger partial charge in [0.05, 0.1) is 14.2 Å². The molecule has 1 aromatic carbocycles. The number of ether oxygens (including phenoxy) is 2. The fourth-order valence-electron chi connectivity index (χ4n) is 2.81. The van der Waals surface area contributed by atoms with Crippen molar-refractivity contribution in [1.29, 1.82) is 0 Å². The maximum Gasteiger partial charge on any atom is 0.325 e. The molecule has 1 aromatic heterocycles. The van der Waals surface area contributed by atoms with E-state index in [1.165, 1.54) is 25.6 Å². The largest absolute Gasteiger partial charge is 0.497 e. The van der Waals surface area contributed by atoms with Gasteiger partial charge in [0.2, 0.25) is 5.91 Å². The highest BCUT2D eigenvalue weighted by Crippen LogP contribution is 2.30. The molecule has 3 rings (SSSR count). The summed E-state index contributed by atoms with van der Waals surface area (Å²) in [6, 6.07) is 6.06. The predicted octanol–water partition coefficient (Wildman–Crippen LogP) is 2.17. The summed E-state index contributed by atoms with van der Waals surface area (Å²) in [5.41, 5.74) is -0.0496. The first-order valence-corrected chi connectivity index (χ1v) is 9.01. The lowest BCUT2D eigenvalue weighted by molar-refractivity contribution is -0.133. The number of rotatable bonds is 6. The van der Waals surface area contributed by atoms with Crippen molar-refractivity contribution in [3.8, 4) is 11.5 Å². The zero-order valence-electron chi connectivity index (χ0n) is 15.1. The zero-order chi connectivity index (χ0) is 19.6. The molecule has 1 aliphatic heterocycles. The van der Waals surface area contributed by atoms with Crippen LogP contribution < -0.4 is 20.1 Å². The number of nitrogens with one attached hydrogen (secondary N) is 2. The molecule has 1 aliphatic rings. The molecule has 0 saturated carbocycles. The minimum Gasteiger partial charge on any atom is -0.497 e. The van der Waals surface area contributed by atoms with Crippen LogP contribution in [-0.4, -0.2) is 43.5 Å². The van der Waals surface area contributed by atoms with Crippen molar-refractivity contribution >= 4 is 34.9 Å². The number of nitrogens with zero attached hydrogens (tertiary/aromatic N) is 1. The average molecular weight is 389 g/mol. The Kier molecular flexibility index (Phi) is 5.04. The third kappa shape index (κ3) is 3.59. The molecule has 0 spiro atoms. The van der Waals surface area contributed by atoms with Crippen LogP contribution in [0.5, 0.6) is 11.5 Å². The number of hydrogen-bond donors (Lipinski definition) is 2. The quantitative estimate of drug-likeness (QED) is 0.738. The van der Waals surface area contributed by atoms with Crippen LogP contribution in [0.25, 0.3) is 0 Å². The van der Waals surface area contributed by atoms with Gasteiger partial charge >= 0.3 is 6.03 Å². The molecule has 27 heavy (non-hydrogen) atoms. The molecular weight excluding hydrogens is 370 g/mol. The molecule has 0 radical (unpaired) electrons. The number of carbonyl (C=O) groups excluding carboxylic acids is 3. The highest BCUT2D eigenvalue weighted by Gasteiger charge is 2.49. The molecular formula is C18H19N3O5S. The van der Waals surface area contributed by atoms with E-state index in [0.717, 1.165) is 4.90 Å². The van der Waals surface area contributed by atoms with Gasteiger partial charge < -0.3 is 20.1 Å². The number of benzene rings is 1. The van der Waals surface area contributed by atoms with Crippen molar-refractivity contribution in [3.05, 3.63) is 40.6 Å². The molecule has 1 saturated heterocycles. The molecule has 2 aromatic rings. The van der Waals surface area contributed by atoms with E-state index in [0.29, 0.717) is 22.7 Å². The summed E-state index contributed by atoms with van der Waals surface area (Å²) in [5.74, 6) is 0.0296. The number of hydrogen-bond acceptors (Lipinski definition) is 6. The van der Waals surface area contributed by atoms with Crippen molar-refractivity contribution in [2.45, 2.75) is 12.5 Å². The number of anilines is 1. The standard InChI is InChI=1S/C18H19N3O5S/c1-18(11-4-5-27-10-11)16(23)21(17(24)20-18)9-15(22)19-12-6-13(25-2)8-14(7-12)26-3/h4-8,10H,9H2,1-3H3,(H,19,22)(H,20,24). The average Bonchev–Trinajstić information content (AvgIpc) is 3.26. The predicted molar refractivity (Wildman–Crippen MR) is 100 cm³/mol. The van der Waals surface area contributed by atoms with Gasteiger partial charge in [-0.3, -0.25) is 14.5 Å². The third-order valence-corrected chi connectivity index (χ3v) is 4.99. The summed E-state index contributed by atoms with van der Waals surface area (Å²) in [4.78, 5) is 38.3. The van der Waals surface area contributed by atoms with Crippen molar-refractivity contribution in [2.24, 2.45) is 0 Å². The van der Waals surface area contributed by atoms with E-state index in [9.17, 15) is 14.4 Å². The van der Waals surface area contributed by atoms with Crippen LogP contribution >= 0.6 is 11.3 Å². The molecule has 2 heterocycles. The Labute approximate surface area is 160 Å².